The number of halogens is 1. The van der Waals surface area contributed by atoms with Crippen molar-refractivity contribution < 1.29 is 9.18 Å². The summed E-state index contributed by atoms with van der Waals surface area (Å²) in [5.74, 6) is -0.460. The van der Waals surface area contributed by atoms with Crippen molar-refractivity contribution in [3.8, 4) is 0 Å². The molecule has 156 valence electrons. The van der Waals surface area contributed by atoms with E-state index in [0.717, 1.165) is 53.0 Å². The van der Waals surface area contributed by atoms with Crippen LogP contribution in [-0.4, -0.2) is 22.5 Å². The highest BCUT2D eigenvalue weighted by Gasteiger charge is 2.23. The zero-order valence-electron chi connectivity index (χ0n) is 17.1. The number of aryl methyl sites for hydroxylation is 1. The third kappa shape index (κ3) is 3.70. The Hall–Kier alpha value is -3.87. The van der Waals surface area contributed by atoms with Crippen LogP contribution in [0, 0.1) is 12.7 Å². The third-order valence-electron chi connectivity index (χ3n) is 5.64. The first-order valence-electron chi connectivity index (χ1n) is 10.2. The molecule has 0 aliphatic carbocycles. The van der Waals surface area contributed by atoms with Gasteiger partial charge in [-0.3, -0.25) is 0 Å². The van der Waals surface area contributed by atoms with Crippen molar-refractivity contribution >= 4 is 34.1 Å². The number of nitrogens with one attached hydrogen (secondary N) is 3. The number of carbonyl (C=O) groups excluding carboxylic acids is 1. The Kier molecular flexibility index (Phi) is 4.78. The minimum Gasteiger partial charge on any atom is -0.367 e. The zero-order valence-corrected chi connectivity index (χ0v) is 17.1. The predicted octanol–water partition coefficient (Wildman–Crippen LogP) is 5.22. The number of aromatic nitrogens is 2. The molecule has 4 aromatic rings. The Bertz CT molecular complexity index is 1280. The number of aromatic amines is 1. The zero-order chi connectivity index (χ0) is 21.4. The molecule has 0 bridgehead atoms. The van der Waals surface area contributed by atoms with Gasteiger partial charge in [-0.15, -0.1) is 0 Å². The highest BCUT2D eigenvalue weighted by Crippen LogP contribution is 2.35. The second-order valence-electron chi connectivity index (χ2n) is 7.75. The molecule has 0 saturated carbocycles. The number of H-pyrrole nitrogens is 1. The quantitative estimate of drug-likeness (QED) is 0.428. The molecule has 1 aliphatic rings. The van der Waals surface area contributed by atoms with Crippen molar-refractivity contribution in [2.24, 2.45) is 0 Å². The van der Waals surface area contributed by atoms with E-state index in [1.165, 1.54) is 11.6 Å². The van der Waals surface area contributed by atoms with E-state index in [0.29, 0.717) is 0 Å². The Morgan fingerprint density at radius 3 is 2.94 bits per heavy atom. The fraction of sp³-hybridized carbons (Fsp3) is 0.167. The Labute approximate surface area is 179 Å². The molecule has 2 aromatic carbocycles. The highest BCUT2D eigenvalue weighted by atomic mass is 19.1. The number of hydrogen-bond acceptors (Lipinski definition) is 3. The molecule has 6 nitrogen and oxygen atoms in total. The molecule has 3 heterocycles. The van der Waals surface area contributed by atoms with E-state index >= 15 is 0 Å². The summed E-state index contributed by atoms with van der Waals surface area (Å²) in [6.07, 6.45) is 4.60. The lowest BCUT2D eigenvalue weighted by Gasteiger charge is -2.19. The average Bonchev–Trinajstić information content (AvgIpc) is 3.36. The van der Waals surface area contributed by atoms with E-state index in [1.807, 2.05) is 31.3 Å². The summed E-state index contributed by atoms with van der Waals surface area (Å²) >= 11 is 0. The summed E-state index contributed by atoms with van der Waals surface area (Å²) in [6.45, 7) is 3.46. The maximum atomic E-state index is 14.0. The summed E-state index contributed by atoms with van der Waals surface area (Å²) in [5, 5.41) is 6.61. The van der Waals surface area contributed by atoms with Crippen molar-refractivity contribution in [2.45, 2.75) is 19.9 Å². The van der Waals surface area contributed by atoms with Gasteiger partial charge in [0.25, 0.3) is 0 Å². The molecular formula is C24H22FN5O. The molecule has 0 spiro atoms. The summed E-state index contributed by atoms with van der Waals surface area (Å²) < 4.78 is 14.0. The summed E-state index contributed by atoms with van der Waals surface area (Å²) in [6, 6.07) is 14.1. The number of anilines is 3. The largest absolute Gasteiger partial charge is 0.367 e. The lowest BCUT2D eigenvalue weighted by molar-refractivity contribution is 0.262. The topological polar surface area (TPSA) is 73.1 Å². The van der Waals surface area contributed by atoms with Crippen molar-refractivity contribution in [2.75, 3.05) is 22.1 Å². The van der Waals surface area contributed by atoms with Crippen LogP contribution in [0.15, 0.2) is 60.9 Å². The van der Waals surface area contributed by atoms with E-state index in [2.05, 4.69) is 37.6 Å². The lowest BCUT2D eigenvalue weighted by atomic mass is 10.1. The maximum Gasteiger partial charge on any atom is 0.323 e. The number of amides is 2. The van der Waals surface area contributed by atoms with Crippen LogP contribution >= 0.6 is 0 Å². The van der Waals surface area contributed by atoms with E-state index in [9.17, 15) is 9.18 Å². The van der Waals surface area contributed by atoms with Crippen LogP contribution in [0.2, 0.25) is 0 Å². The van der Waals surface area contributed by atoms with Crippen molar-refractivity contribution in [3.63, 3.8) is 0 Å². The number of nitrogens with zero attached hydrogens (tertiary/aromatic N) is 2. The fourth-order valence-electron chi connectivity index (χ4n) is 4.14. The summed E-state index contributed by atoms with van der Waals surface area (Å²) in [5.41, 5.74) is 6.03. The van der Waals surface area contributed by atoms with Crippen LogP contribution in [-0.2, 0) is 13.0 Å². The minimum absolute atomic E-state index is 0.166. The normalized spacial score (nSPS) is 12.8. The molecule has 5 rings (SSSR count). The summed E-state index contributed by atoms with van der Waals surface area (Å²) in [4.78, 5) is 22.4. The number of carbonyl (C=O) groups is 1. The van der Waals surface area contributed by atoms with Crippen LogP contribution in [0.25, 0.3) is 11.0 Å². The Balaban J connectivity index is 1.34. The van der Waals surface area contributed by atoms with E-state index in [1.54, 1.807) is 18.3 Å². The SMILES string of the molecule is Cc1ccc(F)c(NC(=O)Nc2cccc3c2CCN3Cc2c[nH]c3ncccc23)c1. The van der Waals surface area contributed by atoms with Gasteiger partial charge in [-0.25, -0.2) is 14.2 Å². The molecule has 31 heavy (non-hydrogen) atoms. The van der Waals surface area contributed by atoms with Crippen molar-refractivity contribution in [3.05, 3.63) is 83.4 Å². The number of rotatable bonds is 4. The van der Waals surface area contributed by atoms with Gasteiger partial charge in [-0.1, -0.05) is 12.1 Å². The summed E-state index contributed by atoms with van der Waals surface area (Å²) in [7, 11) is 0. The van der Waals surface area contributed by atoms with Gasteiger partial charge in [0.15, 0.2) is 0 Å². The lowest BCUT2D eigenvalue weighted by Crippen LogP contribution is -2.21. The van der Waals surface area contributed by atoms with Crippen LogP contribution in [0.5, 0.6) is 0 Å². The molecule has 2 aromatic heterocycles. The van der Waals surface area contributed by atoms with Gasteiger partial charge < -0.3 is 20.5 Å². The second-order valence-corrected chi connectivity index (χ2v) is 7.75. The molecule has 0 fully saturated rings. The molecule has 0 radical (unpaired) electrons. The number of hydrogen-bond donors (Lipinski definition) is 3. The van der Waals surface area contributed by atoms with Gasteiger partial charge in [0.2, 0.25) is 0 Å². The smallest absolute Gasteiger partial charge is 0.323 e. The van der Waals surface area contributed by atoms with E-state index < -0.39 is 11.8 Å². The number of benzene rings is 2. The van der Waals surface area contributed by atoms with Gasteiger partial charge in [0, 0.05) is 47.8 Å². The predicted molar refractivity (Wildman–Crippen MR) is 121 cm³/mol. The van der Waals surface area contributed by atoms with Gasteiger partial charge in [-0.05, 0) is 60.9 Å². The molecular weight excluding hydrogens is 393 g/mol. The first-order valence-corrected chi connectivity index (χ1v) is 10.2. The first-order chi connectivity index (χ1) is 15.1. The molecule has 0 saturated heterocycles. The number of urea groups is 1. The van der Waals surface area contributed by atoms with Crippen LogP contribution < -0.4 is 15.5 Å². The second kappa shape index (κ2) is 7.75. The van der Waals surface area contributed by atoms with Crippen molar-refractivity contribution in [1.29, 1.82) is 0 Å². The fourth-order valence-corrected chi connectivity index (χ4v) is 4.14. The van der Waals surface area contributed by atoms with Crippen molar-refractivity contribution in [1.82, 2.24) is 9.97 Å². The molecule has 7 heteroatoms. The highest BCUT2D eigenvalue weighted by molar-refractivity contribution is 6.01. The molecule has 2 amide bonds. The molecule has 0 unspecified atom stereocenters. The average molecular weight is 415 g/mol. The minimum atomic E-state index is -0.460. The number of pyridine rings is 1. The maximum absolute atomic E-state index is 14.0. The van der Waals surface area contributed by atoms with Crippen LogP contribution in [0.3, 0.4) is 0 Å². The Morgan fingerprint density at radius 2 is 2.03 bits per heavy atom. The Morgan fingerprint density at radius 1 is 1.16 bits per heavy atom. The van der Waals surface area contributed by atoms with Gasteiger partial charge in [0.05, 0.1) is 5.69 Å². The van der Waals surface area contributed by atoms with E-state index in [4.69, 9.17) is 0 Å². The van der Waals surface area contributed by atoms with Gasteiger partial charge in [-0.2, -0.15) is 0 Å². The first kappa shape index (κ1) is 19.1. The van der Waals surface area contributed by atoms with Crippen LogP contribution in [0.1, 0.15) is 16.7 Å². The molecule has 1 aliphatic heterocycles. The van der Waals surface area contributed by atoms with Gasteiger partial charge >= 0.3 is 6.03 Å². The van der Waals surface area contributed by atoms with E-state index in [-0.39, 0.29) is 5.69 Å². The third-order valence-corrected chi connectivity index (χ3v) is 5.64. The monoisotopic (exact) mass is 415 g/mol. The van der Waals surface area contributed by atoms with Gasteiger partial charge in [0.1, 0.15) is 11.5 Å². The van der Waals surface area contributed by atoms with Crippen LogP contribution in [0.4, 0.5) is 26.2 Å². The standard InChI is InChI=1S/C24H22FN5O/c1-15-7-8-19(25)21(12-15)29-24(31)28-20-5-2-6-22-18(20)9-11-30(22)14-16-13-27-23-17(16)4-3-10-26-23/h2-8,10,12-13H,9,11,14H2,1H3,(H,26,27)(H2,28,29,31). The molecule has 3 N–H and O–H groups in total. The molecule has 0 atom stereocenters. The number of fused-ring (bicyclic) bond motifs is 2.